The van der Waals surface area contributed by atoms with E-state index < -0.39 is 10.0 Å². The maximum absolute atomic E-state index is 13.3. The Kier molecular flexibility index (Phi) is 5.38. The lowest BCUT2D eigenvalue weighted by atomic mass is 10.1. The van der Waals surface area contributed by atoms with Crippen molar-refractivity contribution in [1.82, 2.24) is 18.5 Å². The molecule has 3 heterocycles. The van der Waals surface area contributed by atoms with E-state index in [2.05, 4.69) is 11.7 Å². The summed E-state index contributed by atoms with van der Waals surface area (Å²) in [5, 5.41) is 4.38. The van der Waals surface area contributed by atoms with Crippen LogP contribution in [0.25, 0.3) is 11.7 Å². The number of hydrogen-bond donors (Lipinski definition) is 0. The normalized spacial score (nSPS) is 16.0. The van der Waals surface area contributed by atoms with Gasteiger partial charge in [0, 0.05) is 19.3 Å². The first-order chi connectivity index (χ1) is 14.0. The molecular formula is C21H24N4O3S. The van der Waals surface area contributed by atoms with E-state index in [-0.39, 0.29) is 22.8 Å². The minimum Gasteiger partial charge on any atom is -0.249 e. The summed E-state index contributed by atoms with van der Waals surface area (Å²) in [7, 11) is -3.71. The van der Waals surface area contributed by atoms with Crippen LogP contribution in [-0.4, -0.2) is 40.0 Å². The van der Waals surface area contributed by atoms with Gasteiger partial charge in [-0.2, -0.15) is 4.31 Å². The van der Waals surface area contributed by atoms with Crippen LogP contribution < -0.4 is 5.69 Å². The summed E-state index contributed by atoms with van der Waals surface area (Å²) >= 11 is 0. The van der Waals surface area contributed by atoms with Crippen molar-refractivity contribution >= 4 is 21.7 Å². The molecule has 8 heteroatoms. The van der Waals surface area contributed by atoms with Crippen molar-refractivity contribution < 1.29 is 8.42 Å². The molecule has 0 bridgehead atoms. The summed E-state index contributed by atoms with van der Waals surface area (Å²) in [6, 6.07) is 10.8. The smallest absolute Gasteiger partial charge is 0.249 e. The molecule has 1 aromatic carbocycles. The first-order valence-electron chi connectivity index (χ1n) is 9.80. The van der Waals surface area contributed by atoms with Gasteiger partial charge in [0.25, 0.3) is 0 Å². The first kappa shape index (κ1) is 19.6. The molecule has 0 aliphatic carbocycles. The summed E-state index contributed by atoms with van der Waals surface area (Å²) in [5.41, 5.74) is 1.70. The predicted molar refractivity (Wildman–Crippen MR) is 112 cm³/mol. The molecule has 7 nitrogen and oxygen atoms in total. The van der Waals surface area contributed by atoms with E-state index in [1.54, 1.807) is 18.3 Å². The van der Waals surface area contributed by atoms with Gasteiger partial charge < -0.3 is 0 Å². The third-order valence-corrected chi connectivity index (χ3v) is 7.22. The molecule has 0 spiro atoms. The summed E-state index contributed by atoms with van der Waals surface area (Å²) in [6.45, 7) is 5.01. The summed E-state index contributed by atoms with van der Waals surface area (Å²) in [5.74, 6) is 0. The Morgan fingerprint density at radius 3 is 2.38 bits per heavy atom. The second-order valence-electron chi connectivity index (χ2n) is 7.27. The van der Waals surface area contributed by atoms with Gasteiger partial charge in [-0.15, -0.1) is 5.10 Å². The molecule has 4 rings (SSSR count). The van der Waals surface area contributed by atoms with Crippen molar-refractivity contribution in [1.29, 1.82) is 0 Å². The van der Waals surface area contributed by atoms with Crippen molar-refractivity contribution in [2.45, 2.75) is 37.1 Å². The molecule has 0 radical (unpaired) electrons. The molecule has 152 valence electrons. The lowest BCUT2D eigenvalue weighted by molar-refractivity contribution is 0.424. The quantitative estimate of drug-likeness (QED) is 0.646. The fourth-order valence-electron chi connectivity index (χ4n) is 3.67. The van der Waals surface area contributed by atoms with Gasteiger partial charge in [0.2, 0.25) is 10.0 Å². The van der Waals surface area contributed by atoms with E-state index in [0.717, 1.165) is 36.8 Å². The van der Waals surface area contributed by atoms with Crippen LogP contribution in [0, 0.1) is 0 Å². The number of benzene rings is 1. The van der Waals surface area contributed by atoms with E-state index in [1.165, 1.54) is 19.5 Å². The molecule has 3 aromatic rings. The van der Waals surface area contributed by atoms with Gasteiger partial charge in [-0.25, -0.2) is 22.3 Å². The highest BCUT2D eigenvalue weighted by atomic mass is 32.2. The Labute approximate surface area is 169 Å². The van der Waals surface area contributed by atoms with E-state index in [4.69, 9.17) is 0 Å². The molecular weight excluding hydrogens is 388 g/mol. The predicted octanol–water partition coefficient (Wildman–Crippen LogP) is 2.75. The molecule has 0 amide bonds. The summed E-state index contributed by atoms with van der Waals surface area (Å²) < 4.78 is 30.6. The molecule has 1 aliphatic heterocycles. The standard InChI is InChI=1S/C21H24N4O3S/c1-2-17-9-11-18(12-10-17)16-25-21(26)24-15-7-8-19(20(24)22-25)29(27,28)23-13-5-3-4-6-14-23/h2,7-12,15H,1,3-6,13-14,16H2. The van der Waals surface area contributed by atoms with Gasteiger partial charge in [-0.1, -0.05) is 49.8 Å². The van der Waals surface area contributed by atoms with E-state index in [0.29, 0.717) is 13.1 Å². The molecule has 1 aliphatic rings. The number of sulfonamides is 1. The van der Waals surface area contributed by atoms with Crippen LogP contribution in [0.3, 0.4) is 0 Å². The number of hydrogen-bond acceptors (Lipinski definition) is 4. The van der Waals surface area contributed by atoms with Crippen LogP contribution in [0.15, 0.2) is 58.9 Å². The Bertz CT molecular complexity index is 1180. The van der Waals surface area contributed by atoms with Crippen LogP contribution in [0.5, 0.6) is 0 Å². The number of nitrogens with zero attached hydrogens (tertiary/aromatic N) is 4. The van der Waals surface area contributed by atoms with Gasteiger partial charge in [-0.05, 0) is 36.1 Å². The van der Waals surface area contributed by atoms with Crippen LogP contribution in [0.1, 0.15) is 36.8 Å². The average molecular weight is 413 g/mol. The first-order valence-corrected chi connectivity index (χ1v) is 11.2. The third kappa shape index (κ3) is 3.77. The zero-order valence-electron chi connectivity index (χ0n) is 16.2. The second-order valence-corrected chi connectivity index (χ2v) is 9.18. The lowest BCUT2D eigenvalue weighted by Crippen LogP contribution is -2.32. The Morgan fingerprint density at radius 1 is 1.03 bits per heavy atom. The SMILES string of the molecule is C=Cc1ccc(Cn2nc3c(S(=O)(=O)N4CCCCCC4)cccn3c2=O)cc1. The van der Waals surface area contributed by atoms with E-state index in [9.17, 15) is 13.2 Å². The Hall–Kier alpha value is -2.71. The molecule has 0 unspecified atom stereocenters. The maximum atomic E-state index is 13.3. The second kappa shape index (κ2) is 7.96. The number of rotatable bonds is 5. The van der Waals surface area contributed by atoms with Crippen molar-refractivity contribution in [3.63, 3.8) is 0 Å². The molecule has 1 saturated heterocycles. The number of pyridine rings is 1. The van der Waals surface area contributed by atoms with Crippen LogP contribution >= 0.6 is 0 Å². The lowest BCUT2D eigenvalue weighted by Gasteiger charge is -2.19. The Balaban J connectivity index is 1.74. The Morgan fingerprint density at radius 2 is 1.72 bits per heavy atom. The van der Waals surface area contributed by atoms with Crippen LogP contribution in [-0.2, 0) is 16.6 Å². The highest BCUT2D eigenvalue weighted by Crippen LogP contribution is 2.22. The van der Waals surface area contributed by atoms with Crippen molar-refractivity contribution in [2.75, 3.05) is 13.1 Å². The van der Waals surface area contributed by atoms with Gasteiger partial charge in [0.1, 0.15) is 4.90 Å². The van der Waals surface area contributed by atoms with Crippen molar-refractivity contribution in [3.8, 4) is 0 Å². The van der Waals surface area contributed by atoms with Crippen LogP contribution in [0.4, 0.5) is 0 Å². The number of aromatic nitrogens is 3. The summed E-state index contributed by atoms with van der Waals surface area (Å²) in [6.07, 6.45) is 7.09. The highest BCUT2D eigenvalue weighted by molar-refractivity contribution is 7.89. The van der Waals surface area contributed by atoms with Crippen molar-refractivity contribution in [3.05, 3.63) is 70.8 Å². The number of fused-ring (bicyclic) bond motifs is 1. The third-order valence-electron chi connectivity index (χ3n) is 5.30. The van der Waals surface area contributed by atoms with Gasteiger partial charge in [-0.3, -0.25) is 0 Å². The van der Waals surface area contributed by atoms with Gasteiger partial charge in [0.15, 0.2) is 5.65 Å². The minimum atomic E-state index is -3.71. The summed E-state index contributed by atoms with van der Waals surface area (Å²) in [4.78, 5) is 12.9. The zero-order valence-corrected chi connectivity index (χ0v) is 17.0. The molecule has 0 atom stereocenters. The zero-order chi connectivity index (χ0) is 20.4. The van der Waals surface area contributed by atoms with Gasteiger partial charge >= 0.3 is 5.69 Å². The molecule has 0 N–H and O–H groups in total. The molecule has 1 fully saturated rings. The average Bonchev–Trinajstić information content (AvgIpc) is 2.92. The fraction of sp³-hybridized carbons (Fsp3) is 0.333. The minimum absolute atomic E-state index is 0.0831. The fourth-order valence-corrected chi connectivity index (χ4v) is 5.31. The van der Waals surface area contributed by atoms with Gasteiger partial charge in [0.05, 0.1) is 6.54 Å². The van der Waals surface area contributed by atoms with Crippen LogP contribution in [0.2, 0.25) is 0 Å². The molecule has 2 aromatic heterocycles. The monoisotopic (exact) mass is 412 g/mol. The van der Waals surface area contributed by atoms with E-state index >= 15 is 0 Å². The van der Waals surface area contributed by atoms with E-state index in [1.807, 2.05) is 24.3 Å². The topological polar surface area (TPSA) is 76.7 Å². The molecule has 29 heavy (non-hydrogen) atoms. The largest absolute Gasteiger partial charge is 0.350 e. The van der Waals surface area contributed by atoms with Crippen molar-refractivity contribution in [2.24, 2.45) is 0 Å². The maximum Gasteiger partial charge on any atom is 0.350 e. The highest BCUT2D eigenvalue weighted by Gasteiger charge is 2.28. The molecule has 0 saturated carbocycles.